The maximum Gasteiger partial charge on any atom is 0.300 e. The highest BCUT2D eigenvalue weighted by Crippen LogP contribution is 2.15. The van der Waals surface area contributed by atoms with E-state index in [0.717, 1.165) is 29.2 Å². The van der Waals surface area contributed by atoms with Crippen molar-refractivity contribution in [1.82, 2.24) is 9.55 Å². The second-order valence-electron chi connectivity index (χ2n) is 5.36. The maximum atomic E-state index is 12.8. The van der Waals surface area contributed by atoms with Crippen LogP contribution in [0.15, 0.2) is 48.5 Å². The number of carboxylic acid groups (broad SMARTS) is 1. The molecule has 26 heavy (non-hydrogen) atoms. The molecule has 2 N–H and O–H groups in total. The van der Waals surface area contributed by atoms with Gasteiger partial charge in [0.2, 0.25) is 0 Å². The lowest BCUT2D eigenvalue weighted by molar-refractivity contribution is -0.134. The quantitative estimate of drug-likeness (QED) is 0.707. The fourth-order valence-electron chi connectivity index (χ4n) is 2.33. The van der Waals surface area contributed by atoms with Crippen LogP contribution in [0.4, 0.5) is 10.1 Å². The first-order valence-corrected chi connectivity index (χ1v) is 8.05. The number of carboxylic acids is 1. The van der Waals surface area contributed by atoms with Gasteiger partial charge in [0, 0.05) is 25.2 Å². The minimum absolute atomic E-state index is 0.267. The van der Waals surface area contributed by atoms with Crippen LogP contribution in [0.3, 0.4) is 0 Å². The molecular weight excluding hydrogens is 333 g/mol. The number of aliphatic carboxylic acids is 1. The van der Waals surface area contributed by atoms with Gasteiger partial charge >= 0.3 is 0 Å². The minimum atomic E-state index is -0.833. The Bertz CT molecular complexity index is 933. The number of hydrogen-bond donors (Lipinski definition) is 2. The largest absolute Gasteiger partial charge is 0.481 e. The van der Waals surface area contributed by atoms with Crippen molar-refractivity contribution < 1.29 is 14.3 Å². The molecule has 0 amide bonds. The van der Waals surface area contributed by atoms with Gasteiger partial charge in [0.1, 0.15) is 6.67 Å². The van der Waals surface area contributed by atoms with Crippen LogP contribution in [0.25, 0.3) is 11.0 Å². The first-order valence-electron chi connectivity index (χ1n) is 8.05. The summed E-state index contributed by atoms with van der Waals surface area (Å²) in [7, 11) is 1.88. The number of nitrogens with zero attached hydrogens (tertiary/aromatic N) is 2. The monoisotopic (exact) mass is 353 g/mol. The molecule has 0 saturated heterocycles. The molecule has 134 valence electrons. The molecule has 0 unspecified atom stereocenters. The molecule has 0 atom stereocenters. The Morgan fingerprint density at radius 3 is 2.46 bits per heavy atom. The minimum Gasteiger partial charge on any atom is -0.481 e. The molecule has 1 heterocycles. The van der Waals surface area contributed by atoms with Crippen LogP contribution in [-0.4, -0.2) is 34.3 Å². The molecule has 0 bridgehead atoms. The zero-order chi connectivity index (χ0) is 18.9. The lowest BCUT2D eigenvalue weighted by atomic mass is 10.2. The second-order valence-corrected chi connectivity index (χ2v) is 5.36. The third-order valence-electron chi connectivity index (χ3n) is 3.45. The van der Waals surface area contributed by atoms with E-state index in [-0.39, 0.29) is 6.54 Å². The number of rotatable bonds is 3. The molecule has 0 spiro atoms. The van der Waals surface area contributed by atoms with Gasteiger partial charge < -0.3 is 15.0 Å². The molecule has 2 aromatic carbocycles. The van der Waals surface area contributed by atoms with E-state index in [9.17, 15) is 4.39 Å². The Morgan fingerprint density at radius 1 is 1.19 bits per heavy atom. The fourth-order valence-corrected chi connectivity index (χ4v) is 2.33. The Morgan fingerprint density at radius 2 is 1.85 bits per heavy atom. The summed E-state index contributed by atoms with van der Waals surface area (Å²) in [6, 6.07) is 15.5. The second kappa shape index (κ2) is 9.23. The Hall–Kier alpha value is -3.33. The number of anilines is 1. The van der Waals surface area contributed by atoms with Crippen LogP contribution in [0.5, 0.6) is 0 Å². The number of alkyl halides is 1. The normalized spacial score (nSPS) is 9.65. The molecule has 0 aliphatic carbocycles. The van der Waals surface area contributed by atoms with Crippen LogP contribution in [0.1, 0.15) is 18.3 Å². The number of imidazole rings is 1. The Balaban J connectivity index is 0.000000552. The average molecular weight is 353 g/mol. The van der Waals surface area contributed by atoms with Crippen molar-refractivity contribution in [2.75, 3.05) is 19.0 Å². The van der Waals surface area contributed by atoms with E-state index in [1.54, 1.807) is 0 Å². The van der Waals surface area contributed by atoms with Crippen molar-refractivity contribution >= 4 is 22.7 Å². The van der Waals surface area contributed by atoms with Gasteiger partial charge in [-0.05, 0) is 42.3 Å². The molecule has 0 saturated carbocycles. The van der Waals surface area contributed by atoms with E-state index in [1.165, 1.54) is 0 Å². The highest BCUT2D eigenvalue weighted by atomic mass is 19.1. The predicted octanol–water partition coefficient (Wildman–Crippen LogP) is 3.54. The van der Waals surface area contributed by atoms with E-state index in [4.69, 9.17) is 9.90 Å². The zero-order valence-electron chi connectivity index (χ0n) is 14.7. The topological polar surface area (TPSA) is 67.2 Å². The average Bonchev–Trinajstić information content (AvgIpc) is 2.98. The Labute approximate surface area is 151 Å². The number of para-hydroxylation sites is 2. The smallest absolute Gasteiger partial charge is 0.300 e. The number of fused-ring (bicyclic) bond motifs is 1. The molecule has 0 fully saturated rings. The van der Waals surface area contributed by atoms with Crippen molar-refractivity contribution in [3.8, 4) is 11.8 Å². The van der Waals surface area contributed by atoms with Gasteiger partial charge in [0.25, 0.3) is 5.97 Å². The summed E-state index contributed by atoms with van der Waals surface area (Å²) in [6.45, 7) is 0.912. The molecule has 3 rings (SSSR count). The first kappa shape index (κ1) is 19.0. The van der Waals surface area contributed by atoms with Crippen molar-refractivity contribution in [2.24, 2.45) is 0 Å². The van der Waals surface area contributed by atoms with Gasteiger partial charge in [0.15, 0.2) is 5.82 Å². The van der Waals surface area contributed by atoms with Gasteiger partial charge in [-0.15, -0.1) is 0 Å². The number of aromatic nitrogens is 2. The molecule has 1 aromatic heterocycles. The summed E-state index contributed by atoms with van der Waals surface area (Å²) >= 11 is 0. The third-order valence-corrected chi connectivity index (χ3v) is 3.45. The van der Waals surface area contributed by atoms with Gasteiger partial charge in [-0.2, -0.15) is 0 Å². The SMILES string of the molecule is CC(=O)O.CNc1ccc(C#Cc2nc3ccccc3n2CCF)cc1. The van der Waals surface area contributed by atoms with Crippen LogP contribution in [0, 0.1) is 11.8 Å². The van der Waals surface area contributed by atoms with E-state index < -0.39 is 12.6 Å². The van der Waals surface area contributed by atoms with Gasteiger partial charge in [-0.3, -0.25) is 4.79 Å². The maximum absolute atomic E-state index is 12.8. The van der Waals surface area contributed by atoms with Crippen LogP contribution in [0.2, 0.25) is 0 Å². The van der Waals surface area contributed by atoms with E-state index in [2.05, 4.69) is 22.1 Å². The molecule has 0 aliphatic rings. The zero-order valence-corrected chi connectivity index (χ0v) is 14.7. The highest BCUT2D eigenvalue weighted by molar-refractivity contribution is 5.76. The van der Waals surface area contributed by atoms with Crippen molar-refractivity contribution in [3.05, 3.63) is 59.9 Å². The molecule has 6 heteroatoms. The highest BCUT2D eigenvalue weighted by Gasteiger charge is 2.07. The molecule has 0 aliphatic heterocycles. The summed E-state index contributed by atoms with van der Waals surface area (Å²) in [6.07, 6.45) is 0. The van der Waals surface area contributed by atoms with Crippen molar-refractivity contribution in [1.29, 1.82) is 0 Å². The summed E-state index contributed by atoms with van der Waals surface area (Å²) < 4.78 is 14.6. The van der Waals surface area contributed by atoms with Crippen LogP contribution >= 0.6 is 0 Å². The first-order chi connectivity index (χ1) is 12.5. The van der Waals surface area contributed by atoms with E-state index >= 15 is 0 Å². The van der Waals surface area contributed by atoms with E-state index in [1.807, 2.05) is 60.1 Å². The van der Waals surface area contributed by atoms with Gasteiger partial charge in [-0.25, -0.2) is 9.37 Å². The molecule has 0 radical (unpaired) electrons. The van der Waals surface area contributed by atoms with E-state index in [0.29, 0.717) is 5.82 Å². The lowest BCUT2D eigenvalue weighted by Crippen LogP contribution is -2.02. The number of nitrogens with one attached hydrogen (secondary N) is 1. The number of benzene rings is 2. The molecular formula is C20H20FN3O2. The molecule has 5 nitrogen and oxygen atoms in total. The molecule has 3 aromatic rings. The number of aryl methyl sites for hydroxylation is 1. The summed E-state index contributed by atoms with van der Waals surface area (Å²) in [5.41, 5.74) is 3.69. The standard InChI is InChI=1S/C18H16FN3.C2H4O2/c1-20-15-9-6-14(7-10-15)8-11-18-21-16-4-2-3-5-17(16)22(18)13-12-19;1-2(3)4/h2-7,9-10,20H,12-13H2,1H3;1H3,(H,3,4). The third kappa shape index (κ3) is 5.08. The van der Waals surface area contributed by atoms with Crippen molar-refractivity contribution in [3.63, 3.8) is 0 Å². The fraction of sp³-hybridized carbons (Fsp3) is 0.200. The van der Waals surface area contributed by atoms with Crippen molar-refractivity contribution in [2.45, 2.75) is 13.5 Å². The predicted molar refractivity (Wildman–Crippen MR) is 101 cm³/mol. The lowest BCUT2D eigenvalue weighted by Gasteiger charge is -2.01. The van der Waals surface area contributed by atoms with Crippen LogP contribution in [-0.2, 0) is 11.3 Å². The number of carbonyl (C=O) groups is 1. The van der Waals surface area contributed by atoms with Crippen LogP contribution < -0.4 is 5.32 Å². The Kier molecular flexibility index (Phi) is 6.75. The van der Waals surface area contributed by atoms with Gasteiger partial charge in [0.05, 0.1) is 17.6 Å². The number of hydrogen-bond acceptors (Lipinski definition) is 3. The van der Waals surface area contributed by atoms with Gasteiger partial charge in [-0.1, -0.05) is 18.1 Å². The summed E-state index contributed by atoms with van der Waals surface area (Å²) in [5, 5.41) is 10.5. The number of halogens is 1. The summed E-state index contributed by atoms with van der Waals surface area (Å²) in [5.74, 6) is 5.91. The summed E-state index contributed by atoms with van der Waals surface area (Å²) in [4.78, 5) is 13.5.